The Bertz CT molecular complexity index is 2440. The zero-order valence-electron chi connectivity index (χ0n) is 34.0. The van der Waals surface area contributed by atoms with Crippen LogP contribution in [0.5, 0.6) is 0 Å². The molecule has 302 valence electrons. The molecule has 2 aliphatic rings. The minimum absolute atomic E-state index is 0.00169. The third-order valence-electron chi connectivity index (χ3n) is 11.4. The Hall–Kier alpha value is -6.29. The molecule has 0 spiro atoms. The van der Waals surface area contributed by atoms with Crippen LogP contribution < -0.4 is 10.6 Å². The number of H-pyrrole nitrogens is 2. The van der Waals surface area contributed by atoms with Crippen molar-refractivity contribution in [3.8, 4) is 34.2 Å². The summed E-state index contributed by atoms with van der Waals surface area (Å²) < 4.78 is 5.22. The van der Waals surface area contributed by atoms with Gasteiger partial charge in [0.15, 0.2) is 5.88 Å². The second-order valence-corrected chi connectivity index (χ2v) is 15.9. The summed E-state index contributed by atoms with van der Waals surface area (Å²) in [6.07, 6.45) is 3.87. The van der Waals surface area contributed by atoms with Crippen molar-refractivity contribution in [2.75, 3.05) is 20.2 Å². The summed E-state index contributed by atoms with van der Waals surface area (Å²) in [5.74, 6) is 7.83. The van der Waals surface area contributed by atoms with E-state index in [4.69, 9.17) is 14.7 Å². The van der Waals surface area contributed by atoms with E-state index < -0.39 is 18.2 Å². The number of rotatable bonds is 12. The Morgan fingerprint density at radius 1 is 0.879 bits per heavy atom. The quantitative estimate of drug-likeness (QED) is 0.0641. The molecule has 4 atom stereocenters. The van der Waals surface area contributed by atoms with E-state index in [0.29, 0.717) is 24.8 Å². The highest BCUT2D eigenvalue weighted by Crippen LogP contribution is 2.37. The molecule has 3 amide bonds. The first kappa shape index (κ1) is 39.9. The molecule has 7 rings (SSSR count). The second kappa shape index (κ2) is 16.7. The molecule has 0 bridgehead atoms. The van der Waals surface area contributed by atoms with Gasteiger partial charge in [0.2, 0.25) is 11.8 Å². The molecule has 0 aliphatic carbocycles. The zero-order chi connectivity index (χ0) is 41.2. The number of imidazole rings is 2. The van der Waals surface area contributed by atoms with Crippen LogP contribution >= 0.6 is 0 Å². The van der Waals surface area contributed by atoms with Crippen molar-refractivity contribution < 1.29 is 24.2 Å². The van der Waals surface area contributed by atoms with Crippen LogP contribution in [0.1, 0.15) is 89.6 Å². The highest BCUT2D eigenvalue weighted by Gasteiger charge is 2.38. The fourth-order valence-electron chi connectivity index (χ4n) is 8.38. The standard InChI is InChI=1S/C45H52N8O5/c1-8-11-28-23-31(35-24-46-41(49-35)36-12-9-20-52(36)43(54)38(25(2)3)47-27(6)58-7)15-17-32(28)29-14-18-33-30(22-29)16-19-34-40(33)50-42(48-34)37-13-10-21-53(37)44(55)39(26(4)5)51-45(56)57/h14-19,22-26,36-39,47,51H,6,9-10,12-13,20-21H2,1-5,7H3,(H,46,49)(H,48,50)(H,56,57)/t36-,37-,38?,39-/m0/s1. The number of carbonyl (C=O) groups is 3. The largest absolute Gasteiger partial charge is 0.483 e. The first-order valence-electron chi connectivity index (χ1n) is 20.0. The topological polar surface area (TPSA) is 169 Å². The van der Waals surface area contributed by atoms with Crippen LogP contribution in [0.3, 0.4) is 0 Å². The fourth-order valence-corrected chi connectivity index (χ4v) is 8.38. The van der Waals surface area contributed by atoms with E-state index in [-0.39, 0.29) is 35.7 Å². The lowest BCUT2D eigenvalue weighted by molar-refractivity contribution is -0.136. The van der Waals surface area contributed by atoms with Gasteiger partial charge in [-0.1, -0.05) is 63.9 Å². The van der Waals surface area contributed by atoms with Gasteiger partial charge in [-0.2, -0.15) is 0 Å². The Morgan fingerprint density at radius 3 is 2.17 bits per heavy atom. The number of aromatic nitrogens is 4. The molecule has 2 fully saturated rings. The maximum atomic E-state index is 13.8. The van der Waals surface area contributed by atoms with Gasteiger partial charge in [-0.25, -0.2) is 14.8 Å². The molecule has 2 aromatic heterocycles. The number of likely N-dealkylation sites (tertiary alicyclic amines) is 2. The second-order valence-electron chi connectivity index (χ2n) is 15.9. The van der Waals surface area contributed by atoms with Gasteiger partial charge in [0.25, 0.3) is 0 Å². The smallest absolute Gasteiger partial charge is 0.405 e. The predicted octanol–water partition coefficient (Wildman–Crippen LogP) is 7.50. The maximum absolute atomic E-state index is 13.8. The SMILES string of the molecule is C=C(NC(C(=O)N1CCC[C@H]1c1ncc(-c2ccc(-c3ccc4c(ccc5[nH]c([C@@H]6CCCN6C(=O)[C@@H](NC(=O)O)C(C)C)nc54)c3)c(C#CC)c2)[nH]1)C(C)C)OC. The third-order valence-corrected chi connectivity index (χ3v) is 11.4. The Labute approximate surface area is 338 Å². The number of methoxy groups -OCH3 is 1. The number of nitrogens with zero attached hydrogens (tertiary/aromatic N) is 4. The number of fused-ring (bicyclic) bond motifs is 3. The van der Waals surface area contributed by atoms with Crippen LogP contribution in [0.15, 0.2) is 67.2 Å². The summed E-state index contributed by atoms with van der Waals surface area (Å²) in [5, 5.41) is 16.9. The van der Waals surface area contributed by atoms with Crippen molar-refractivity contribution in [3.63, 3.8) is 0 Å². The normalized spacial score (nSPS) is 17.7. The molecular formula is C45H52N8O5. The maximum Gasteiger partial charge on any atom is 0.405 e. The van der Waals surface area contributed by atoms with Gasteiger partial charge in [0.1, 0.15) is 23.7 Å². The van der Waals surface area contributed by atoms with Crippen LogP contribution in [0.2, 0.25) is 0 Å². The van der Waals surface area contributed by atoms with Gasteiger partial charge in [-0.05, 0) is 85.7 Å². The Balaban J connectivity index is 1.14. The summed E-state index contributed by atoms with van der Waals surface area (Å²) in [4.78, 5) is 59.3. The lowest BCUT2D eigenvalue weighted by Crippen LogP contribution is -2.50. The number of benzene rings is 3. The molecule has 13 heteroatoms. The number of amides is 3. The fraction of sp³-hybridized carbons (Fsp3) is 0.400. The number of carbonyl (C=O) groups excluding carboxylic acids is 2. The van der Waals surface area contributed by atoms with Crippen LogP contribution in [-0.4, -0.2) is 85.0 Å². The number of hydrogen-bond acceptors (Lipinski definition) is 7. The summed E-state index contributed by atoms with van der Waals surface area (Å²) in [6.45, 7) is 14.6. The molecular weight excluding hydrogens is 733 g/mol. The van der Waals surface area contributed by atoms with Crippen LogP contribution in [0.25, 0.3) is 44.2 Å². The summed E-state index contributed by atoms with van der Waals surface area (Å²) in [6, 6.07) is 14.9. The van der Waals surface area contributed by atoms with Gasteiger partial charge >= 0.3 is 6.09 Å². The predicted molar refractivity (Wildman–Crippen MR) is 224 cm³/mol. The van der Waals surface area contributed by atoms with Crippen molar-refractivity contribution in [2.24, 2.45) is 11.8 Å². The van der Waals surface area contributed by atoms with Crippen molar-refractivity contribution in [1.82, 2.24) is 40.4 Å². The summed E-state index contributed by atoms with van der Waals surface area (Å²) in [5.41, 5.74) is 6.37. The van der Waals surface area contributed by atoms with E-state index in [1.54, 1.807) is 4.90 Å². The molecule has 5 N–H and O–H groups in total. The van der Waals surface area contributed by atoms with Crippen molar-refractivity contribution in [2.45, 2.75) is 84.5 Å². The molecule has 4 heterocycles. The monoisotopic (exact) mass is 784 g/mol. The highest BCUT2D eigenvalue weighted by atomic mass is 16.5. The average Bonchev–Trinajstić information content (AvgIpc) is 4.04. The number of aromatic amines is 2. The molecule has 2 aliphatic heterocycles. The molecule has 58 heavy (non-hydrogen) atoms. The summed E-state index contributed by atoms with van der Waals surface area (Å²) >= 11 is 0. The van der Waals surface area contributed by atoms with E-state index in [0.717, 1.165) is 81.3 Å². The van der Waals surface area contributed by atoms with E-state index in [1.807, 2.05) is 51.8 Å². The lowest BCUT2D eigenvalue weighted by Gasteiger charge is -2.31. The minimum atomic E-state index is -1.21. The molecule has 13 nitrogen and oxygen atoms in total. The first-order valence-corrected chi connectivity index (χ1v) is 20.0. The number of ether oxygens (including phenoxy) is 1. The third kappa shape index (κ3) is 7.83. The highest BCUT2D eigenvalue weighted by molar-refractivity contribution is 6.05. The zero-order valence-corrected chi connectivity index (χ0v) is 34.0. The van der Waals surface area contributed by atoms with Gasteiger partial charge in [0, 0.05) is 29.6 Å². The van der Waals surface area contributed by atoms with Crippen molar-refractivity contribution >= 4 is 39.7 Å². The molecule has 0 saturated carbocycles. The molecule has 0 radical (unpaired) electrons. The van der Waals surface area contributed by atoms with Crippen LogP contribution in [-0.2, 0) is 14.3 Å². The number of carboxylic acid groups (broad SMARTS) is 1. The van der Waals surface area contributed by atoms with Crippen LogP contribution in [0, 0.1) is 23.7 Å². The Morgan fingerprint density at radius 2 is 1.53 bits per heavy atom. The number of hydrogen-bond donors (Lipinski definition) is 5. The van der Waals surface area contributed by atoms with E-state index in [1.165, 1.54) is 7.11 Å². The van der Waals surface area contributed by atoms with Gasteiger partial charge < -0.3 is 40.2 Å². The summed E-state index contributed by atoms with van der Waals surface area (Å²) in [7, 11) is 1.53. The number of nitrogens with one attached hydrogen (secondary N) is 4. The van der Waals surface area contributed by atoms with E-state index in [2.05, 4.69) is 81.5 Å². The molecule has 2 saturated heterocycles. The van der Waals surface area contributed by atoms with E-state index in [9.17, 15) is 19.5 Å². The van der Waals surface area contributed by atoms with Gasteiger partial charge in [-0.3, -0.25) is 9.59 Å². The van der Waals surface area contributed by atoms with Gasteiger partial charge in [0.05, 0.1) is 42.1 Å². The lowest BCUT2D eigenvalue weighted by atomic mass is 9.95. The molecule has 3 aromatic carbocycles. The van der Waals surface area contributed by atoms with E-state index >= 15 is 0 Å². The molecule has 1 unspecified atom stereocenters. The van der Waals surface area contributed by atoms with Gasteiger partial charge in [-0.15, -0.1) is 5.92 Å². The van der Waals surface area contributed by atoms with Crippen molar-refractivity contribution in [1.29, 1.82) is 0 Å². The Kier molecular flexibility index (Phi) is 11.5. The first-order chi connectivity index (χ1) is 27.9. The van der Waals surface area contributed by atoms with Crippen LogP contribution in [0.4, 0.5) is 4.79 Å². The van der Waals surface area contributed by atoms with Crippen molar-refractivity contribution in [3.05, 3.63) is 84.4 Å². The minimum Gasteiger partial charge on any atom is -0.483 e. The molecule has 5 aromatic rings. The average molecular weight is 785 g/mol.